The molecule has 0 radical (unpaired) electrons. The van der Waals surface area contributed by atoms with E-state index < -0.39 is 19.1 Å². The number of benzene rings is 1. The monoisotopic (exact) mass is 275 g/mol. The third kappa shape index (κ3) is 5.46. The second-order valence-electron chi connectivity index (χ2n) is 3.81. The maximum atomic E-state index is 12.0. The number of carbonyl (C=O) groups excluding carboxylic acids is 1. The number of alkyl halides is 2. The zero-order chi connectivity index (χ0) is 13.5. The molecule has 0 aliphatic heterocycles. The molecule has 18 heavy (non-hydrogen) atoms. The van der Waals surface area contributed by atoms with Crippen molar-refractivity contribution in [3.05, 3.63) is 29.8 Å². The number of halogens is 2. The van der Waals surface area contributed by atoms with Gasteiger partial charge in [-0.3, -0.25) is 4.79 Å². The standard InChI is InChI=1S/C12H15F2NO2S/c1-8-2-4-9(5-3-8)18-7-11(17)15-6-10(16)12(13)14/h2-5,10,12,16H,6-7H2,1H3,(H,15,17). The van der Waals surface area contributed by atoms with Crippen molar-refractivity contribution in [1.29, 1.82) is 0 Å². The van der Waals surface area contributed by atoms with Gasteiger partial charge in [0, 0.05) is 11.4 Å². The predicted octanol–water partition coefficient (Wildman–Crippen LogP) is 1.83. The van der Waals surface area contributed by atoms with Crippen LogP contribution in [0, 0.1) is 6.92 Å². The van der Waals surface area contributed by atoms with Gasteiger partial charge in [0.1, 0.15) is 6.10 Å². The molecular formula is C12H15F2NO2S. The molecule has 3 nitrogen and oxygen atoms in total. The van der Waals surface area contributed by atoms with Crippen molar-refractivity contribution >= 4 is 17.7 Å². The Hall–Kier alpha value is -1.14. The normalized spacial score (nSPS) is 12.5. The van der Waals surface area contributed by atoms with E-state index in [2.05, 4.69) is 5.32 Å². The van der Waals surface area contributed by atoms with Crippen LogP contribution < -0.4 is 5.32 Å². The fraction of sp³-hybridized carbons (Fsp3) is 0.417. The summed E-state index contributed by atoms with van der Waals surface area (Å²) in [6.45, 7) is 1.54. The van der Waals surface area contributed by atoms with E-state index in [9.17, 15) is 13.6 Å². The van der Waals surface area contributed by atoms with Crippen LogP contribution in [0.1, 0.15) is 5.56 Å². The van der Waals surface area contributed by atoms with Crippen molar-refractivity contribution in [1.82, 2.24) is 5.32 Å². The highest BCUT2D eigenvalue weighted by molar-refractivity contribution is 8.00. The molecule has 1 amide bonds. The number of carbonyl (C=O) groups is 1. The molecule has 1 rings (SSSR count). The Morgan fingerprint density at radius 2 is 2.00 bits per heavy atom. The third-order valence-electron chi connectivity index (χ3n) is 2.19. The number of thioether (sulfide) groups is 1. The number of amides is 1. The van der Waals surface area contributed by atoms with Gasteiger partial charge in [0.2, 0.25) is 5.91 Å². The smallest absolute Gasteiger partial charge is 0.265 e. The molecule has 0 saturated heterocycles. The van der Waals surface area contributed by atoms with Gasteiger partial charge < -0.3 is 10.4 Å². The molecular weight excluding hydrogens is 260 g/mol. The largest absolute Gasteiger partial charge is 0.385 e. The minimum atomic E-state index is -2.84. The maximum absolute atomic E-state index is 12.0. The third-order valence-corrected chi connectivity index (χ3v) is 3.20. The lowest BCUT2D eigenvalue weighted by Crippen LogP contribution is -2.36. The SMILES string of the molecule is Cc1ccc(SCC(=O)NCC(O)C(F)F)cc1. The van der Waals surface area contributed by atoms with Crippen LogP contribution in [0.2, 0.25) is 0 Å². The molecule has 0 bridgehead atoms. The molecule has 1 aromatic rings. The summed E-state index contributed by atoms with van der Waals surface area (Å²) in [6, 6.07) is 7.64. The fourth-order valence-corrected chi connectivity index (χ4v) is 1.87. The van der Waals surface area contributed by atoms with Crippen LogP contribution in [0.4, 0.5) is 8.78 Å². The number of nitrogens with one attached hydrogen (secondary N) is 1. The highest BCUT2D eigenvalue weighted by atomic mass is 32.2. The zero-order valence-corrected chi connectivity index (χ0v) is 10.7. The Morgan fingerprint density at radius 3 is 2.56 bits per heavy atom. The summed E-state index contributed by atoms with van der Waals surface area (Å²) in [5, 5.41) is 11.1. The van der Waals surface area contributed by atoms with Gasteiger partial charge in [-0.15, -0.1) is 11.8 Å². The first-order valence-electron chi connectivity index (χ1n) is 5.41. The van der Waals surface area contributed by atoms with Gasteiger partial charge in [-0.05, 0) is 19.1 Å². The van der Waals surface area contributed by atoms with Crippen molar-refractivity contribution in [2.75, 3.05) is 12.3 Å². The predicted molar refractivity (Wildman–Crippen MR) is 66.9 cm³/mol. The van der Waals surface area contributed by atoms with E-state index in [1.807, 2.05) is 31.2 Å². The topological polar surface area (TPSA) is 49.3 Å². The number of rotatable bonds is 6. The minimum Gasteiger partial charge on any atom is -0.385 e. The van der Waals surface area contributed by atoms with Crippen molar-refractivity contribution < 1.29 is 18.7 Å². The van der Waals surface area contributed by atoms with E-state index in [1.54, 1.807) is 0 Å². The molecule has 2 N–H and O–H groups in total. The van der Waals surface area contributed by atoms with Gasteiger partial charge >= 0.3 is 0 Å². The molecule has 0 heterocycles. The molecule has 100 valence electrons. The first-order valence-corrected chi connectivity index (χ1v) is 6.40. The van der Waals surface area contributed by atoms with Gasteiger partial charge in [-0.2, -0.15) is 0 Å². The maximum Gasteiger partial charge on any atom is 0.265 e. The number of hydrogen-bond donors (Lipinski definition) is 2. The summed E-state index contributed by atoms with van der Waals surface area (Å²) in [5.74, 6) is -0.237. The highest BCUT2D eigenvalue weighted by Gasteiger charge is 2.17. The van der Waals surface area contributed by atoms with Crippen molar-refractivity contribution in [3.8, 4) is 0 Å². The zero-order valence-electron chi connectivity index (χ0n) is 9.90. The first kappa shape index (κ1) is 14.9. The van der Waals surface area contributed by atoms with Crippen molar-refractivity contribution in [3.63, 3.8) is 0 Å². The summed E-state index contributed by atoms with van der Waals surface area (Å²) >= 11 is 1.32. The van der Waals surface area contributed by atoms with Crippen LogP contribution in [-0.2, 0) is 4.79 Å². The van der Waals surface area contributed by atoms with Crippen LogP contribution in [0.3, 0.4) is 0 Å². The molecule has 0 aliphatic rings. The van der Waals surface area contributed by atoms with Gasteiger partial charge in [0.05, 0.1) is 5.75 Å². The van der Waals surface area contributed by atoms with E-state index in [0.717, 1.165) is 10.5 Å². The van der Waals surface area contributed by atoms with Crippen LogP contribution in [0.25, 0.3) is 0 Å². The molecule has 6 heteroatoms. The Balaban J connectivity index is 2.27. The molecule has 0 spiro atoms. The average molecular weight is 275 g/mol. The Morgan fingerprint density at radius 1 is 1.39 bits per heavy atom. The Kier molecular flexibility index (Phi) is 6.07. The number of aryl methyl sites for hydroxylation is 1. The molecule has 1 aromatic carbocycles. The Bertz CT molecular complexity index is 384. The number of hydrogen-bond acceptors (Lipinski definition) is 3. The number of aliphatic hydroxyl groups is 1. The quantitative estimate of drug-likeness (QED) is 0.779. The van der Waals surface area contributed by atoms with Crippen molar-refractivity contribution in [2.24, 2.45) is 0 Å². The van der Waals surface area contributed by atoms with Gasteiger partial charge in [0.25, 0.3) is 6.43 Å². The summed E-state index contributed by atoms with van der Waals surface area (Å²) in [4.78, 5) is 12.3. The van der Waals surface area contributed by atoms with E-state index in [-0.39, 0.29) is 11.7 Å². The van der Waals surface area contributed by atoms with E-state index in [4.69, 9.17) is 5.11 Å². The molecule has 0 saturated carbocycles. The Labute approximate surface area is 109 Å². The second-order valence-corrected chi connectivity index (χ2v) is 4.86. The molecule has 0 aliphatic carbocycles. The van der Waals surface area contributed by atoms with Crippen LogP contribution in [-0.4, -0.2) is 35.8 Å². The lowest BCUT2D eigenvalue weighted by molar-refractivity contribution is -0.119. The molecule has 1 unspecified atom stereocenters. The van der Waals surface area contributed by atoms with Crippen LogP contribution >= 0.6 is 11.8 Å². The van der Waals surface area contributed by atoms with Gasteiger partial charge in [-0.1, -0.05) is 17.7 Å². The van der Waals surface area contributed by atoms with Crippen molar-refractivity contribution in [2.45, 2.75) is 24.3 Å². The lowest BCUT2D eigenvalue weighted by atomic mass is 10.2. The highest BCUT2D eigenvalue weighted by Crippen LogP contribution is 2.17. The van der Waals surface area contributed by atoms with Gasteiger partial charge in [0.15, 0.2) is 0 Å². The summed E-state index contributed by atoms with van der Waals surface area (Å²) in [6.07, 6.45) is -4.65. The molecule has 1 atom stereocenters. The first-order chi connectivity index (χ1) is 8.49. The summed E-state index contributed by atoms with van der Waals surface area (Å²) in [7, 11) is 0. The lowest BCUT2D eigenvalue weighted by Gasteiger charge is -2.10. The van der Waals surface area contributed by atoms with E-state index in [0.29, 0.717) is 0 Å². The average Bonchev–Trinajstić information content (AvgIpc) is 2.35. The number of aliphatic hydroxyl groups excluding tert-OH is 1. The minimum absolute atomic E-state index is 0.138. The fourth-order valence-electron chi connectivity index (χ4n) is 1.14. The van der Waals surface area contributed by atoms with Crippen LogP contribution in [0.5, 0.6) is 0 Å². The second kappa shape index (κ2) is 7.33. The summed E-state index contributed by atoms with van der Waals surface area (Å²) < 4.78 is 23.9. The van der Waals surface area contributed by atoms with E-state index in [1.165, 1.54) is 11.8 Å². The summed E-state index contributed by atoms with van der Waals surface area (Å²) in [5.41, 5.74) is 1.13. The van der Waals surface area contributed by atoms with Gasteiger partial charge in [-0.25, -0.2) is 8.78 Å². The van der Waals surface area contributed by atoms with Crippen LogP contribution in [0.15, 0.2) is 29.2 Å². The van der Waals surface area contributed by atoms with E-state index >= 15 is 0 Å². The molecule has 0 aromatic heterocycles. The molecule has 0 fully saturated rings.